The lowest BCUT2D eigenvalue weighted by Gasteiger charge is -2.15. The second kappa shape index (κ2) is 5.28. The van der Waals surface area contributed by atoms with Gasteiger partial charge in [-0.2, -0.15) is 4.31 Å². The van der Waals surface area contributed by atoms with E-state index in [1.165, 1.54) is 23.4 Å². The normalized spacial score (nSPS) is 20.4. The Morgan fingerprint density at radius 2 is 2.00 bits per heavy atom. The van der Waals surface area contributed by atoms with Crippen LogP contribution in [0.3, 0.4) is 0 Å². The van der Waals surface area contributed by atoms with E-state index < -0.39 is 16.1 Å². The van der Waals surface area contributed by atoms with Crippen LogP contribution in [0.1, 0.15) is 13.3 Å². The molecule has 0 spiro atoms. The molecule has 1 fully saturated rings. The van der Waals surface area contributed by atoms with Crippen molar-refractivity contribution in [3.05, 3.63) is 24.3 Å². The third kappa shape index (κ3) is 3.12. The molecule has 1 saturated heterocycles. The van der Waals surface area contributed by atoms with E-state index in [4.69, 9.17) is 0 Å². The fourth-order valence-electron chi connectivity index (χ4n) is 1.99. The Morgan fingerprint density at radius 3 is 2.47 bits per heavy atom. The van der Waals surface area contributed by atoms with Gasteiger partial charge in [-0.1, -0.05) is 0 Å². The van der Waals surface area contributed by atoms with Gasteiger partial charge in [-0.05, 0) is 30.7 Å². The van der Waals surface area contributed by atoms with Gasteiger partial charge in [-0.15, -0.1) is 0 Å². The molecule has 0 aliphatic carbocycles. The van der Waals surface area contributed by atoms with Crippen molar-refractivity contribution in [2.75, 3.05) is 18.4 Å². The van der Waals surface area contributed by atoms with Gasteiger partial charge in [-0.25, -0.2) is 8.42 Å². The van der Waals surface area contributed by atoms with Crippen molar-refractivity contribution in [3.63, 3.8) is 0 Å². The van der Waals surface area contributed by atoms with E-state index in [0.29, 0.717) is 18.7 Å². The molecule has 0 bridgehead atoms. The average Bonchev–Trinajstić information content (AvgIpc) is 2.76. The van der Waals surface area contributed by atoms with Crippen molar-refractivity contribution in [2.24, 2.45) is 0 Å². The lowest BCUT2D eigenvalue weighted by molar-refractivity contribution is -0.114. The molecular formula is C12H16N2O4S. The molecule has 2 rings (SSSR count). The van der Waals surface area contributed by atoms with Crippen molar-refractivity contribution in [2.45, 2.75) is 24.3 Å². The lowest BCUT2D eigenvalue weighted by atomic mass is 10.3. The molecule has 2 N–H and O–H groups in total. The van der Waals surface area contributed by atoms with E-state index in [2.05, 4.69) is 5.32 Å². The van der Waals surface area contributed by atoms with Gasteiger partial charge in [0.1, 0.15) is 0 Å². The monoisotopic (exact) mass is 284 g/mol. The first-order chi connectivity index (χ1) is 8.89. The molecule has 1 aromatic carbocycles. The summed E-state index contributed by atoms with van der Waals surface area (Å²) >= 11 is 0. The molecule has 19 heavy (non-hydrogen) atoms. The van der Waals surface area contributed by atoms with E-state index in [1.54, 1.807) is 12.1 Å². The number of benzene rings is 1. The number of rotatable bonds is 3. The number of β-amino-alcohol motifs (C(OH)–C–C–N with tert-alkyl or cyclic N) is 1. The summed E-state index contributed by atoms with van der Waals surface area (Å²) in [5, 5.41) is 12.0. The van der Waals surface area contributed by atoms with Crippen LogP contribution in [0.5, 0.6) is 0 Å². The third-order valence-corrected chi connectivity index (χ3v) is 4.82. The Bertz CT molecular complexity index is 568. The molecule has 1 aliphatic rings. The van der Waals surface area contributed by atoms with Crippen LogP contribution >= 0.6 is 0 Å². The van der Waals surface area contributed by atoms with Crippen LogP contribution in [0.15, 0.2) is 29.2 Å². The summed E-state index contributed by atoms with van der Waals surface area (Å²) in [4.78, 5) is 11.0. The molecule has 1 heterocycles. The summed E-state index contributed by atoms with van der Waals surface area (Å²) in [6, 6.07) is 5.98. The van der Waals surface area contributed by atoms with Gasteiger partial charge in [0.15, 0.2) is 0 Å². The minimum Gasteiger partial charge on any atom is -0.392 e. The highest BCUT2D eigenvalue weighted by molar-refractivity contribution is 7.89. The molecule has 7 heteroatoms. The van der Waals surface area contributed by atoms with Crippen molar-refractivity contribution < 1.29 is 18.3 Å². The molecule has 0 saturated carbocycles. The number of anilines is 1. The number of carbonyl (C=O) groups excluding carboxylic acids is 1. The predicted octanol–water partition coefficient (Wildman–Crippen LogP) is 0.400. The standard InChI is InChI=1S/C12H16N2O4S/c1-9(15)13-10-2-4-12(5-3-10)19(17,18)14-7-6-11(16)8-14/h2-5,11,16H,6-8H2,1H3,(H,13,15)/t11-/m0/s1. The van der Waals surface area contributed by atoms with E-state index in [1.807, 2.05) is 0 Å². The molecule has 1 amide bonds. The third-order valence-electron chi connectivity index (χ3n) is 2.94. The van der Waals surface area contributed by atoms with Crippen LogP contribution in [-0.4, -0.2) is 42.9 Å². The predicted molar refractivity (Wildman–Crippen MR) is 70.1 cm³/mol. The number of hydrogen-bond donors (Lipinski definition) is 2. The summed E-state index contributed by atoms with van der Waals surface area (Å²) in [6.45, 7) is 1.85. The van der Waals surface area contributed by atoms with E-state index in [9.17, 15) is 18.3 Å². The first kappa shape index (κ1) is 14.0. The zero-order valence-electron chi connectivity index (χ0n) is 10.5. The highest BCUT2D eigenvalue weighted by atomic mass is 32.2. The second-order valence-electron chi connectivity index (χ2n) is 4.51. The number of hydrogen-bond acceptors (Lipinski definition) is 4. The summed E-state index contributed by atoms with van der Waals surface area (Å²) in [5.41, 5.74) is 0.549. The number of nitrogens with zero attached hydrogens (tertiary/aromatic N) is 1. The lowest BCUT2D eigenvalue weighted by Crippen LogP contribution is -2.29. The molecular weight excluding hydrogens is 268 g/mol. The van der Waals surface area contributed by atoms with Crippen LogP contribution in [-0.2, 0) is 14.8 Å². The molecule has 1 atom stereocenters. The fourth-order valence-corrected chi connectivity index (χ4v) is 3.48. The van der Waals surface area contributed by atoms with Gasteiger partial charge in [-0.3, -0.25) is 4.79 Å². The number of aliphatic hydroxyl groups excluding tert-OH is 1. The Morgan fingerprint density at radius 1 is 1.37 bits per heavy atom. The maximum Gasteiger partial charge on any atom is 0.243 e. The zero-order valence-corrected chi connectivity index (χ0v) is 11.4. The Kier molecular flexibility index (Phi) is 3.88. The summed E-state index contributed by atoms with van der Waals surface area (Å²) in [7, 11) is -3.56. The van der Waals surface area contributed by atoms with E-state index in [-0.39, 0.29) is 17.3 Å². The van der Waals surface area contributed by atoms with Crippen LogP contribution in [0.25, 0.3) is 0 Å². The Hall–Kier alpha value is -1.44. The largest absolute Gasteiger partial charge is 0.392 e. The molecule has 6 nitrogen and oxygen atoms in total. The Labute approximate surface area is 112 Å². The molecule has 0 radical (unpaired) electrons. The molecule has 1 aliphatic heterocycles. The first-order valence-electron chi connectivity index (χ1n) is 5.95. The van der Waals surface area contributed by atoms with Crippen LogP contribution < -0.4 is 5.32 Å². The van der Waals surface area contributed by atoms with Crippen LogP contribution in [0.2, 0.25) is 0 Å². The molecule has 0 unspecified atom stereocenters. The summed E-state index contributed by atoms with van der Waals surface area (Å²) < 4.78 is 25.8. The SMILES string of the molecule is CC(=O)Nc1ccc(S(=O)(=O)N2CC[C@H](O)C2)cc1. The van der Waals surface area contributed by atoms with Gasteiger partial charge in [0.05, 0.1) is 11.0 Å². The van der Waals surface area contributed by atoms with Crippen molar-refractivity contribution in [1.29, 1.82) is 0 Å². The number of aliphatic hydroxyl groups is 1. The smallest absolute Gasteiger partial charge is 0.243 e. The number of nitrogens with one attached hydrogen (secondary N) is 1. The van der Waals surface area contributed by atoms with Gasteiger partial charge in [0.2, 0.25) is 15.9 Å². The van der Waals surface area contributed by atoms with Gasteiger partial charge < -0.3 is 10.4 Å². The minimum atomic E-state index is -3.56. The quantitative estimate of drug-likeness (QED) is 0.841. The molecule has 1 aromatic rings. The van der Waals surface area contributed by atoms with Gasteiger partial charge in [0, 0.05) is 25.7 Å². The molecule has 0 aromatic heterocycles. The highest BCUT2D eigenvalue weighted by Crippen LogP contribution is 2.22. The van der Waals surface area contributed by atoms with Crippen LogP contribution in [0.4, 0.5) is 5.69 Å². The van der Waals surface area contributed by atoms with Crippen molar-refractivity contribution in [1.82, 2.24) is 4.31 Å². The van der Waals surface area contributed by atoms with Crippen molar-refractivity contribution in [3.8, 4) is 0 Å². The van der Waals surface area contributed by atoms with E-state index in [0.717, 1.165) is 0 Å². The maximum absolute atomic E-state index is 12.2. The Balaban J connectivity index is 2.19. The fraction of sp³-hybridized carbons (Fsp3) is 0.417. The zero-order chi connectivity index (χ0) is 14.0. The van der Waals surface area contributed by atoms with Gasteiger partial charge >= 0.3 is 0 Å². The summed E-state index contributed by atoms with van der Waals surface area (Å²) in [5.74, 6) is -0.210. The number of sulfonamides is 1. The maximum atomic E-state index is 12.2. The van der Waals surface area contributed by atoms with Gasteiger partial charge in [0.25, 0.3) is 0 Å². The topological polar surface area (TPSA) is 86.7 Å². The number of amides is 1. The minimum absolute atomic E-state index is 0.135. The molecule has 104 valence electrons. The second-order valence-corrected chi connectivity index (χ2v) is 6.45. The number of carbonyl (C=O) groups is 1. The van der Waals surface area contributed by atoms with Crippen molar-refractivity contribution >= 4 is 21.6 Å². The average molecular weight is 284 g/mol. The highest BCUT2D eigenvalue weighted by Gasteiger charge is 2.31. The first-order valence-corrected chi connectivity index (χ1v) is 7.39. The summed E-state index contributed by atoms with van der Waals surface area (Å²) in [6.07, 6.45) is -0.128. The van der Waals surface area contributed by atoms with Crippen LogP contribution in [0, 0.1) is 0 Å². The van der Waals surface area contributed by atoms with E-state index >= 15 is 0 Å².